The summed E-state index contributed by atoms with van der Waals surface area (Å²) < 4.78 is 18.6. The van der Waals surface area contributed by atoms with Crippen molar-refractivity contribution >= 4 is 11.0 Å². The Morgan fingerprint density at radius 1 is 1.17 bits per heavy atom. The van der Waals surface area contributed by atoms with Crippen molar-refractivity contribution in [1.29, 1.82) is 0 Å². The summed E-state index contributed by atoms with van der Waals surface area (Å²) in [5.74, 6) is -0.152. The van der Waals surface area contributed by atoms with Gasteiger partial charge in [-0.15, -0.1) is 0 Å². The van der Waals surface area contributed by atoms with E-state index in [1.165, 1.54) is 18.2 Å². The molecule has 0 aliphatic rings. The van der Waals surface area contributed by atoms with Crippen molar-refractivity contribution < 1.29 is 18.8 Å². The molecule has 3 aromatic rings. The molecule has 3 rings (SSSR count). The van der Waals surface area contributed by atoms with Crippen molar-refractivity contribution in [2.75, 3.05) is 7.05 Å². The summed E-state index contributed by atoms with van der Waals surface area (Å²) in [6.45, 7) is 2.94. The van der Waals surface area contributed by atoms with Gasteiger partial charge in [0.15, 0.2) is 0 Å². The molecule has 0 aliphatic heterocycles. The predicted octanol–water partition coefficient (Wildman–Crippen LogP) is 2.16. The van der Waals surface area contributed by atoms with Gasteiger partial charge in [-0.2, -0.15) is 0 Å². The topological polar surface area (TPSA) is 54.9 Å². The van der Waals surface area contributed by atoms with Crippen molar-refractivity contribution in [2.45, 2.75) is 20.0 Å². The molecule has 0 saturated carbocycles. The van der Waals surface area contributed by atoms with Crippen molar-refractivity contribution in [1.82, 2.24) is 0 Å². The van der Waals surface area contributed by atoms with Gasteiger partial charge in [0.2, 0.25) is 0 Å². The lowest BCUT2D eigenvalue weighted by Crippen LogP contribution is -3.06. The molecule has 0 amide bonds. The fourth-order valence-corrected chi connectivity index (χ4v) is 2.94. The second-order valence-electron chi connectivity index (χ2n) is 6.12. The van der Waals surface area contributed by atoms with Gasteiger partial charge >= 0.3 is 5.63 Å². The van der Waals surface area contributed by atoms with Crippen LogP contribution < -0.4 is 10.5 Å². The fraction of sp³-hybridized carbons (Fsp3) is 0.211. The van der Waals surface area contributed by atoms with Gasteiger partial charge < -0.3 is 14.4 Å². The largest absolute Gasteiger partial charge is 0.508 e. The number of aromatic hydroxyl groups is 1. The third kappa shape index (κ3) is 3.31. The normalized spacial score (nSPS) is 12.5. The lowest BCUT2D eigenvalue weighted by molar-refractivity contribution is -0.907. The first-order chi connectivity index (χ1) is 11.4. The zero-order chi connectivity index (χ0) is 17.3. The summed E-state index contributed by atoms with van der Waals surface area (Å²) in [7, 11) is 1.98. The van der Waals surface area contributed by atoms with Crippen LogP contribution in [0.5, 0.6) is 5.75 Å². The SMILES string of the molecule is Cc1c(O)ccc2c(C[NH+](C)Cc3cccc(F)c3)cc(=O)oc12. The number of halogens is 1. The number of aryl methyl sites for hydroxylation is 1. The molecule has 1 aromatic heterocycles. The zero-order valence-electron chi connectivity index (χ0n) is 13.6. The highest BCUT2D eigenvalue weighted by atomic mass is 19.1. The summed E-state index contributed by atoms with van der Waals surface area (Å²) in [6, 6.07) is 11.3. The number of benzene rings is 2. The van der Waals surface area contributed by atoms with E-state index in [0.29, 0.717) is 24.2 Å². The maximum atomic E-state index is 13.3. The molecule has 0 aliphatic carbocycles. The van der Waals surface area contributed by atoms with Gasteiger partial charge in [0.1, 0.15) is 30.2 Å². The Balaban J connectivity index is 1.92. The number of rotatable bonds is 4. The van der Waals surface area contributed by atoms with E-state index < -0.39 is 5.63 Å². The number of hydrogen-bond donors (Lipinski definition) is 2. The van der Waals surface area contributed by atoms with Crippen LogP contribution in [0.15, 0.2) is 51.7 Å². The Kier molecular flexibility index (Phi) is 4.36. The smallest absolute Gasteiger partial charge is 0.336 e. The van der Waals surface area contributed by atoms with E-state index in [1.807, 2.05) is 13.1 Å². The second kappa shape index (κ2) is 6.45. The van der Waals surface area contributed by atoms with Crippen molar-refractivity contribution in [2.24, 2.45) is 0 Å². The van der Waals surface area contributed by atoms with Gasteiger partial charge in [0.25, 0.3) is 0 Å². The van der Waals surface area contributed by atoms with Gasteiger partial charge in [-0.3, -0.25) is 0 Å². The third-order valence-electron chi connectivity index (χ3n) is 4.11. The molecule has 0 spiro atoms. The highest BCUT2D eigenvalue weighted by Gasteiger charge is 2.14. The Hall–Kier alpha value is -2.66. The van der Waals surface area contributed by atoms with Gasteiger partial charge in [-0.25, -0.2) is 9.18 Å². The Morgan fingerprint density at radius 2 is 1.96 bits per heavy atom. The van der Waals surface area contributed by atoms with E-state index in [4.69, 9.17) is 4.42 Å². The molecule has 0 radical (unpaired) electrons. The lowest BCUT2D eigenvalue weighted by Gasteiger charge is -2.15. The van der Waals surface area contributed by atoms with Crippen LogP contribution in [0.1, 0.15) is 16.7 Å². The van der Waals surface area contributed by atoms with Crippen LogP contribution in [-0.4, -0.2) is 12.2 Å². The number of nitrogens with one attached hydrogen (secondary N) is 1. The number of quaternary nitrogens is 1. The predicted molar refractivity (Wildman–Crippen MR) is 89.6 cm³/mol. The van der Waals surface area contributed by atoms with Crippen LogP contribution in [-0.2, 0) is 13.1 Å². The molecule has 124 valence electrons. The summed E-state index contributed by atoms with van der Waals surface area (Å²) >= 11 is 0. The zero-order valence-corrected chi connectivity index (χ0v) is 13.6. The summed E-state index contributed by atoms with van der Waals surface area (Å²) in [5.41, 5.74) is 2.27. The summed E-state index contributed by atoms with van der Waals surface area (Å²) in [6.07, 6.45) is 0. The summed E-state index contributed by atoms with van der Waals surface area (Å²) in [5, 5.41) is 10.6. The quantitative estimate of drug-likeness (QED) is 0.722. The lowest BCUT2D eigenvalue weighted by atomic mass is 10.1. The highest BCUT2D eigenvalue weighted by Crippen LogP contribution is 2.27. The molecule has 1 atom stereocenters. The van der Waals surface area contributed by atoms with E-state index in [9.17, 15) is 14.3 Å². The maximum Gasteiger partial charge on any atom is 0.336 e. The maximum absolute atomic E-state index is 13.3. The Labute approximate surface area is 138 Å². The van der Waals surface area contributed by atoms with Gasteiger partial charge in [0.05, 0.1) is 7.05 Å². The second-order valence-corrected chi connectivity index (χ2v) is 6.12. The van der Waals surface area contributed by atoms with Crippen LogP contribution in [0, 0.1) is 12.7 Å². The minimum absolute atomic E-state index is 0.100. The van der Waals surface area contributed by atoms with E-state index in [1.54, 1.807) is 25.1 Å². The van der Waals surface area contributed by atoms with Crippen molar-refractivity contribution in [3.8, 4) is 5.75 Å². The third-order valence-corrected chi connectivity index (χ3v) is 4.11. The number of hydrogen-bond acceptors (Lipinski definition) is 3. The first-order valence-corrected chi connectivity index (χ1v) is 7.75. The van der Waals surface area contributed by atoms with Gasteiger partial charge in [-0.1, -0.05) is 12.1 Å². The minimum atomic E-state index is -0.440. The molecule has 5 heteroatoms. The van der Waals surface area contributed by atoms with E-state index >= 15 is 0 Å². The monoisotopic (exact) mass is 328 g/mol. The first-order valence-electron chi connectivity index (χ1n) is 7.75. The molecule has 1 unspecified atom stereocenters. The van der Waals surface area contributed by atoms with E-state index in [2.05, 4.69) is 0 Å². The first kappa shape index (κ1) is 16.2. The molecule has 4 nitrogen and oxygen atoms in total. The number of phenolic OH excluding ortho intramolecular Hbond substituents is 1. The molecule has 0 saturated heterocycles. The van der Waals surface area contributed by atoms with Crippen LogP contribution in [0.4, 0.5) is 4.39 Å². The van der Waals surface area contributed by atoms with E-state index in [-0.39, 0.29) is 11.6 Å². The fourth-order valence-electron chi connectivity index (χ4n) is 2.94. The molecule has 2 aromatic carbocycles. The average molecular weight is 328 g/mol. The molecular formula is C19H19FNO3+. The minimum Gasteiger partial charge on any atom is -0.508 e. The van der Waals surface area contributed by atoms with Gasteiger partial charge in [0, 0.05) is 28.1 Å². The summed E-state index contributed by atoms with van der Waals surface area (Å²) in [4.78, 5) is 13.0. The number of fused-ring (bicyclic) bond motifs is 1. The van der Waals surface area contributed by atoms with Crippen molar-refractivity contribution in [3.63, 3.8) is 0 Å². The molecule has 2 N–H and O–H groups in total. The molecule has 0 bridgehead atoms. The molecule has 0 fully saturated rings. The van der Waals surface area contributed by atoms with Crippen LogP contribution in [0.25, 0.3) is 11.0 Å². The molecule has 1 heterocycles. The van der Waals surface area contributed by atoms with Crippen LogP contribution >= 0.6 is 0 Å². The molecule has 24 heavy (non-hydrogen) atoms. The Morgan fingerprint density at radius 3 is 2.71 bits per heavy atom. The standard InChI is InChI=1S/C19H18FNO3/c1-12-17(22)7-6-16-14(9-18(23)24-19(12)16)11-21(2)10-13-4-3-5-15(20)8-13/h3-9,22H,10-11H2,1-2H3/p+1. The molecular weight excluding hydrogens is 309 g/mol. The van der Waals surface area contributed by atoms with E-state index in [0.717, 1.165) is 21.4 Å². The van der Waals surface area contributed by atoms with Gasteiger partial charge in [-0.05, 0) is 31.2 Å². The van der Waals surface area contributed by atoms with Crippen LogP contribution in [0.2, 0.25) is 0 Å². The van der Waals surface area contributed by atoms with Crippen LogP contribution in [0.3, 0.4) is 0 Å². The average Bonchev–Trinajstić information content (AvgIpc) is 2.51. The van der Waals surface area contributed by atoms with Crippen molar-refractivity contribution in [3.05, 3.63) is 75.4 Å². The highest BCUT2D eigenvalue weighted by molar-refractivity contribution is 5.84. The number of phenols is 1. The Bertz CT molecular complexity index is 949.